The van der Waals surface area contributed by atoms with Crippen LogP contribution in [0.2, 0.25) is 0 Å². The predicted molar refractivity (Wildman–Crippen MR) is 116 cm³/mol. The minimum Gasteiger partial charge on any atom is -0.508 e. The number of phenols is 1. The molecular formula is C24H33NO6. The first-order chi connectivity index (χ1) is 14.8. The topological polar surface area (TPSA) is 92.9 Å². The van der Waals surface area contributed by atoms with Gasteiger partial charge in [-0.15, -0.1) is 0 Å². The maximum Gasteiger partial charge on any atom is 0.325 e. The van der Waals surface area contributed by atoms with E-state index in [9.17, 15) is 9.90 Å². The number of carbonyl (C=O) groups excluding carboxylic acids is 1. The van der Waals surface area contributed by atoms with Crippen molar-refractivity contribution in [1.82, 2.24) is 0 Å². The summed E-state index contributed by atoms with van der Waals surface area (Å²) in [5.41, 5.74) is 1.43. The fraction of sp³-hybridized carbons (Fsp3) is 0.625. The molecule has 3 aliphatic rings. The van der Waals surface area contributed by atoms with Crippen molar-refractivity contribution in [3.63, 3.8) is 0 Å². The van der Waals surface area contributed by atoms with Crippen LogP contribution >= 0.6 is 0 Å². The van der Waals surface area contributed by atoms with Gasteiger partial charge in [0.1, 0.15) is 35.7 Å². The smallest absolute Gasteiger partial charge is 0.325 e. The lowest BCUT2D eigenvalue weighted by Crippen LogP contribution is -2.55. The molecule has 1 aromatic rings. The third-order valence-electron chi connectivity index (χ3n) is 6.82. The van der Waals surface area contributed by atoms with Crippen molar-refractivity contribution in [2.45, 2.75) is 69.5 Å². The molecule has 0 amide bonds. The van der Waals surface area contributed by atoms with Gasteiger partial charge >= 0.3 is 5.97 Å². The molecule has 2 aliphatic heterocycles. The Balaban J connectivity index is 1.40. The van der Waals surface area contributed by atoms with Crippen LogP contribution in [0.4, 0.5) is 5.69 Å². The highest BCUT2D eigenvalue weighted by atomic mass is 16.6. The number of hydrogen-bond acceptors (Lipinski definition) is 7. The number of allylic oxidation sites excluding steroid dienone is 1. The molecule has 1 aromatic carbocycles. The third kappa shape index (κ3) is 4.59. The minimum absolute atomic E-state index is 0.0113. The molecule has 1 saturated carbocycles. The van der Waals surface area contributed by atoms with E-state index in [1.165, 1.54) is 5.57 Å². The number of rotatable bonds is 8. The molecule has 1 aliphatic carbocycles. The molecule has 0 radical (unpaired) electrons. The maximum absolute atomic E-state index is 12.5. The van der Waals surface area contributed by atoms with E-state index in [0.29, 0.717) is 13.0 Å². The maximum atomic E-state index is 12.5. The Morgan fingerprint density at radius 1 is 1.32 bits per heavy atom. The highest BCUT2D eigenvalue weighted by Gasteiger charge is 2.72. The molecule has 7 nitrogen and oxygen atoms in total. The molecule has 6 atom stereocenters. The number of aromatic hydroxyl groups is 1. The fourth-order valence-electron chi connectivity index (χ4n) is 5.03. The monoisotopic (exact) mass is 431 g/mol. The van der Waals surface area contributed by atoms with Gasteiger partial charge in [-0.25, -0.2) is 0 Å². The van der Waals surface area contributed by atoms with E-state index in [1.54, 1.807) is 31.4 Å². The zero-order valence-electron chi connectivity index (χ0n) is 18.7. The van der Waals surface area contributed by atoms with Crippen LogP contribution in [0.5, 0.6) is 5.75 Å². The van der Waals surface area contributed by atoms with Gasteiger partial charge in [0, 0.05) is 12.8 Å². The second-order valence-electron chi connectivity index (χ2n) is 9.31. The molecule has 4 rings (SSSR count). The van der Waals surface area contributed by atoms with E-state index >= 15 is 0 Å². The van der Waals surface area contributed by atoms with Crippen molar-refractivity contribution in [2.24, 2.45) is 5.92 Å². The van der Waals surface area contributed by atoms with Gasteiger partial charge in [0.15, 0.2) is 0 Å². The molecule has 0 aromatic heterocycles. The molecule has 3 fully saturated rings. The summed E-state index contributed by atoms with van der Waals surface area (Å²) < 4.78 is 23.9. The summed E-state index contributed by atoms with van der Waals surface area (Å²) >= 11 is 0. The van der Waals surface area contributed by atoms with E-state index in [1.807, 2.05) is 0 Å². The summed E-state index contributed by atoms with van der Waals surface area (Å²) in [6.07, 6.45) is 4.09. The average Bonchev–Trinajstić information content (AvgIpc) is 3.65. The Kier molecular flexibility index (Phi) is 6.03. The number of esters is 1. The van der Waals surface area contributed by atoms with Crippen LogP contribution in [0.1, 0.15) is 40.0 Å². The molecular weight excluding hydrogens is 398 g/mol. The lowest BCUT2D eigenvalue weighted by atomic mass is 9.68. The Morgan fingerprint density at radius 2 is 2.03 bits per heavy atom. The number of phenolic OH excluding ortho intramolecular Hbond substituents is 1. The number of ether oxygens (including phenoxy) is 4. The van der Waals surface area contributed by atoms with Gasteiger partial charge in [-0.3, -0.25) is 4.79 Å². The summed E-state index contributed by atoms with van der Waals surface area (Å²) in [5.74, 6) is -0.147. The van der Waals surface area contributed by atoms with Gasteiger partial charge in [0.05, 0.1) is 18.6 Å². The molecule has 6 unspecified atom stereocenters. The fourth-order valence-corrected chi connectivity index (χ4v) is 5.03. The first kappa shape index (κ1) is 22.1. The second kappa shape index (κ2) is 8.45. The zero-order chi connectivity index (χ0) is 22.2. The van der Waals surface area contributed by atoms with Crippen LogP contribution in [-0.2, 0) is 23.7 Å². The number of nitrogens with one attached hydrogen (secondary N) is 1. The van der Waals surface area contributed by atoms with Gasteiger partial charge < -0.3 is 29.4 Å². The first-order valence-corrected chi connectivity index (χ1v) is 11.0. The Labute approximate surface area is 183 Å². The first-order valence-electron chi connectivity index (χ1n) is 11.0. The lowest BCUT2D eigenvalue weighted by molar-refractivity contribution is -0.170. The van der Waals surface area contributed by atoms with Crippen molar-refractivity contribution in [2.75, 3.05) is 25.6 Å². The van der Waals surface area contributed by atoms with Crippen LogP contribution in [-0.4, -0.2) is 60.9 Å². The van der Waals surface area contributed by atoms with Gasteiger partial charge in [-0.1, -0.05) is 11.6 Å². The van der Waals surface area contributed by atoms with Crippen LogP contribution in [0, 0.1) is 5.92 Å². The molecule has 1 spiro atoms. The Hall–Kier alpha value is -2.09. The molecule has 2 N–H and O–H groups in total. The van der Waals surface area contributed by atoms with Gasteiger partial charge in [-0.2, -0.15) is 0 Å². The number of carbonyl (C=O) groups is 1. The number of epoxide rings is 2. The van der Waals surface area contributed by atoms with Crippen molar-refractivity contribution in [3.05, 3.63) is 35.9 Å². The second-order valence-corrected chi connectivity index (χ2v) is 9.31. The number of methoxy groups -OCH3 is 1. The average molecular weight is 432 g/mol. The summed E-state index contributed by atoms with van der Waals surface area (Å²) in [5, 5.41) is 12.4. The standard InChI is InChI=1S/C24H33NO6/c1-15(2)5-10-19-23(3,31-19)22-21(28-4)18(11-12-24(22)14-29-24)30-20(27)13-25-16-6-8-17(26)9-7-16/h5-9,18-19,21-22,25-26H,10-14H2,1-4H3. The highest BCUT2D eigenvalue weighted by molar-refractivity contribution is 5.75. The largest absolute Gasteiger partial charge is 0.508 e. The van der Waals surface area contributed by atoms with E-state index < -0.39 is 0 Å². The molecule has 0 bridgehead atoms. The van der Waals surface area contributed by atoms with Gasteiger partial charge in [-0.05, 0) is 64.3 Å². The highest BCUT2D eigenvalue weighted by Crippen LogP contribution is 2.59. The minimum atomic E-state index is -0.349. The van der Waals surface area contributed by atoms with Crippen LogP contribution in [0.25, 0.3) is 0 Å². The molecule has 7 heteroatoms. The SMILES string of the molecule is COC1C(OC(=O)CNc2ccc(O)cc2)CCC2(CO2)C1C1(C)OC1CC=C(C)C. The summed E-state index contributed by atoms with van der Waals surface area (Å²) in [6.45, 7) is 7.06. The Bertz CT molecular complexity index is 829. The summed E-state index contributed by atoms with van der Waals surface area (Å²) in [6, 6.07) is 6.56. The number of benzene rings is 1. The van der Waals surface area contributed by atoms with Crippen LogP contribution < -0.4 is 5.32 Å². The zero-order valence-corrected chi connectivity index (χ0v) is 18.7. The van der Waals surface area contributed by atoms with E-state index in [-0.39, 0.29) is 53.7 Å². The molecule has 2 heterocycles. The van der Waals surface area contributed by atoms with E-state index in [0.717, 1.165) is 18.5 Å². The van der Waals surface area contributed by atoms with E-state index in [4.69, 9.17) is 18.9 Å². The van der Waals surface area contributed by atoms with Crippen molar-refractivity contribution in [3.8, 4) is 5.75 Å². The molecule has 170 valence electrons. The lowest BCUT2D eigenvalue weighted by Gasteiger charge is -2.42. The molecule has 2 saturated heterocycles. The number of hydrogen-bond donors (Lipinski definition) is 2. The van der Waals surface area contributed by atoms with E-state index in [2.05, 4.69) is 32.2 Å². The van der Waals surface area contributed by atoms with Crippen LogP contribution in [0.3, 0.4) is 0 Å². The third-order valence-corrected chi connectivity index (χ3v) is 6.82. The summed E-state index contributed by atoms with van der Waals surface area (Å²) in [7, 11) is 1.67. The summed E-state index contributed by atoms with van der Waals surface area (Å²) in [4.78, 5) is 12.5. The van der Waals surface area contributed by atoms with Crippen molar-refractivity contribution in [1.29, 1.82) is 0 Å². The van der Waals surface area contributed by atoms with Crippen molar-refractivity contribution >= 4 is 11.7 Å². The van der Waals surface area contributed by atoms with Crippen molar-refractivity contribution < 1.29 is 28.8 Å². The normalized spacial score (nSPS) is 36.0. The van der Waals surface area contributed by atoms with Gasteiger partial charge in [0.2, 0.25) is 0 Å². The number of anilines is 1. The quantitative estimate of drug-likeness (QED) is 0.282. The van der Waals surface area contributed by atoms with Gasteiger partial charge in [0.25, 0.3) is 0 Å². The Morgan fingerprint density at radius 3 is 2.65 bits per heavy atom. The molecule has 31 heavy (non-hydrogen) atoms. The predicted octanol–water partition coefficient (Wildman–Crippen LogP) is 3.42. The van der Waals surface area contributed by atoms with Crippen LogP contribution in [0.15, 0.2) is 35.9 Å².